The maximum atomic E-state index is 5.63. The van der Waals surface area contributed by atoms with Crippen LogP contribution in [0.15, 0.2) is 47.1 Å². The summed E-state index contributed by atoms with van der Waals surface area (Å²) in [6.07, 6.45) is 21.2. The van der Waals surface area contributed by atoms with Crippen LogP contribution in [0.25, 0.3) is 22.6 Å². The lowest BCUT2D eigenvalue weighted by Gasteiger charge is -2.08. The van der Waals surface area contributed by atoms with E-state index in [1.54, 1.807) is 6.26 Å². The summed E-state index contributed by atoms with van der Waals surface area (Å²) in [5.74, 6) is 1.81. The molecule has 0 fully saturated rings. The van der Waals surface area contributed by atoms with Crippen molar-refractivity contribution < 1.29 is 4.42 Å². The Balaban J connectivity index is 1.29. The number of rotatable bonds is 16. The zero-order valence-corrected chi connectivity index (χ0v) is 19.0. The maximum Gasteiger partial charge on any atom is 0.177 e. The van der Waals surface area contributed by atoms with E-state index in [1.165, 1.54) is 95.4 Å². The van der Waals surface area contributed by atoms with Crippen LogP contribution in [0, 0.1) is 0 Å². The predicted molar refractivity (Wildman–Crippen MR) is 128 cm³/mol. The monoisotopic (exact) mass is 408 g/mol. The van der Waals surface area contributed by atoms with E-state index in [4.69, 9.17) is 9.40 Å². The molecule has 2 aromatic heterocycles. The number of fused-ring (bicyclic) bond motifs is 1. The molecule has 0 unspecified atom stereocenters. The van der Waals surface area contributed by atoms with Gasteiger partial charge in [0.05, 0.1) is 17.3 Å². The number of unbranched alkanes of at least 4 members (excludes halogenated alkanes) is 13. The van der Waals surface area contributed by atoms with Gasteiger partial charge in [-0.05, 0) is 30.7 Å². The number of para-hydroxylation sites is 2. The molecule has 30 heavy (non-hydrogen) atoms. The maximum absolute atomic E-state index is 5.63. The SMILES string of the molecule is CCCCCCCCCCCCCCCCn1c(-c2ccco2)nc2ccccc21. The van der Waals surface area contributed by atoms with Crippen LogP contribution in [0.4, 0.5) is 0 Å². The fourth-order valence-electron chi connectivity index (χ4n) is 4.36. The van der Waals surface area contributed by atoms with Crippen LogP contribution in [-0.2, 0) is 6.54 Å². The van der Waals surface area contributed by atoms with E-state index in [9.17, 15) is 0 Å². The van der Waals surface area contributed by atoms with Crippen molar-refractivity contribution in [2.75, 3.05) is 0 Å². The molecule has 2 heterocycles. The Kier molecular flexibility index (Phi) is 10.0. The number of hydrogen-bond acceptors (Lipinski definition) is 2. The fraction of sp³-hybridized carbons (Fsp3) is 0.593. The molecule has 3 aromatic rings. The molecule has 0 amide bonds. The largest absolute Gasteiger partial charge is 0.461 e. The van der Waals surface area contributed by atoms with Gasteiger partial charge in [0.15, 0.2) is 11.6 Å². The zero-order valence-electron chi connectivity index (χ0n) is 19.0. The van der Waals surface area contributed by atoms with Gasteiger partial charge in [0.1, 0.15) is 0 Å². The highest BCUT2D eigenvalue weighted by molar-refractivity contribution is 5.79. The van der Waals surface area contributed by atoms with E-state index in [-0.39, 0.29) is 0 Å². The molecule has 0 spiro atoms. The highest BCUT2D eigenvalue weighted by Crippen LogP contribution is 2.26. The van der Waals surface area contributed by atoms with Crippen molar-refractivity contribution in [1.29, 1.82) is 0 Å². The summed E-state index contributed by atoms with van der Waals surface area (Å²) in [5, 5.41) is 0. The van der Waals surface area contributed by atoms with Crippen LogP contribution >= 0.6 is 0 Å². The van der Waals surface area contributed by atoms with Gasteiger partial charge in [-0.3, -0.25) is 0 Å². The Labute approximate surface area is 182 Å². The Morgan fingerprint density at radius 3 is 1.90 bits per heavy atom. The molecule has 3 nitrogen and oxygen atoms in total. The standard InChI is InChI=1S/C27H40N2O/c1-2-3-4-5-6-7-8-9-10-11-12-13-14-17-22-29-25-20-16-15-19-24(25)28-27(29)26-21-18-23-30-26/h15-16,18-21,23H,2-14,17,22H2,1H3. The van der Waals surface area contributed by atoms with E-state index in [1.807, 2.05) is 12.1 Å². The number of aryl methyl sites for hydroxylation is 1. The molecule has 0 N–H and O–H groups in total. The van der Waals surface area contributed by atoms with Crippen molar-refractivity contribution in [2.45, 2.75) is 103 Å². The van der Waals surface area contributed by atoms with Gasteiger partial charge in [-0.15, -0.1) is 0 Å². The second-order valence-corrected chi connectivity index (χ2v) is 8.65. The first kappa shape index (κ1) is 22.7. The molecule has 0 atom stereocenters. The summed E-state index contributed by atoms with van der Waals surface area (Å²) in [6, 6.07) is 12.3. The highest BCUT2D eigenvalue weighted by Gasteiger charge is 2.13. The third-order valence-corrected chi connectivity index (χ3v) is 6.13. The fourth-order valence-corrected chi connectivity index (χ4v) is 4.36. The molecule has 0 aliphatic carbocycles. The minimum absolute atomic E-state index is 0.858. The van der Waals surface area contributed by atoms with Crippen LogP contribution in [-0.4, -0.2) is 9.55 Å². The minimum Gasteiger partial charge on any atom is -0.461 e. The van der Waals surface area contributed by atoms with Crippen LogP contribution < -0.4 is 0 Å². The van der Waals surface area contributed by atoms with E-state index < -0.39 is 0 Å². The third-order valence-electron chi connectivity index (χ3n) is 6.13. The summed E-state index contributed by atoms with van der Waals surface area (Å²) < 4.78 is 7.96. The molecule has 0 bridgehead atoms. The lowest BCUT2D eigenvalue weighted by Crippen LogP contribution is -2.00. The van der Waals surface area contributed by atoms with E-state index in [0.717, 1.165) is 23.6 Å². The van der Waals surface area contributed by atoms with E-state index in [2.05, 4.69) is 35.8 Å². The van der Waals surface area contributed by atoms with Crippen LogP contribution in [0.1, 0.15) is 96.8 Å². The number of benzene rings is 1. The average molecular weight is 409 g/mol. The third kappa shape index (κ3) is 7.04. The highest BCUT2D eigenvalue weighted by atomic mass is 16.3. The van der Waals surface area contributed by atoms with Gasteiger partial charge in [-0.25, -0.2) is 4.98 Å². The van der Waals surface area contributed by atoms with Gasteiger partial charge in [-0.2, -0.15) is 0 Å². The Bertz CT molecular complexity index is 819. The molecule has 3 heteroatoms. The first-order chi connectivity index (χ1) is 14.9. The Hall–Kier alpha value is -2.03. The molecule has 164 valence electrons. The van der Waals surface area contributed by atoms with Crippen LogP contribution in [0.2, 0.25) is 0 Å². The van der Waals surface area contributed by atoms with Crippen LogP contribution in [0.5, 0.6) is 0 Å². The summed E-state index contributed by atoms with van der Waals surface area (Å²) >= 11 is 0. The number of imidazole rings is 1. The van der Waals surface area contributed by atoms with Crippen molar-refractivity contribution in [3.63, 3.8) is 0 Å². The van der Waals surface area contributed by atoms with Crippen molar-refractivity contribution in [3.05, 3.63) is 42.7 Å². The zero-order chi connectivity index (χ0) is 20.9. The molecule has 3 rings (SSSR count). The summed E-state index contributed by atoms with van der Waals surface area (Å²) in [7, 11) is 0. The second-order valence-electron chi connectivity index (χ2n) is 8.65. The Morgan fingerprint density at radius 2 is 1.30 bits per heavy atom. The van der Waals surface area contributed by atoms with Gasteiger partial charge in [0.25, 0.3) is 0 Å². The van der Waals surface area contributed by atoms with Crippen molar-refractivity contribution in [1.82, 2.24) is 9.55 Å². The second kappa shape index (κ2) is 13.3. The summed E-state index contributed by atoms with van der Waals surface area (Å²) in [5.41, 5.74) is 2.26. The molecular weight excluding hydrogens is 368 g/mol. The minimum atomic E-state index is 0.858. The average Bonchev–Trinajstić information content (AvgIpc) is 3.42. The molecule has 0 aliphatic rings. The summed E-state index contributed by atoms with van der Waals surface area (Å²) in [4.78, 5) is 4.81. The molecular formula is C27H40N2O. The van der Waals surface area contributed by atoms with E-state index in [0.29, 0.717) is 0 Å². The van der Waals surface area contributed by atoms with Crippen molar-refractivity contribution >= 4 is 11.0 Å². The first-order valence-corrected chi connectivity index (χ1v) is 12.4. The van der Waals surface area contributed by atoms with Gasteiger partial charge < -0.3 is 8.98 Å². The summed E-state index contributed by atoms with van der Waals surface area (Å²) in [6.45, 7) is 3.30. The van der Waals surface area contributed by atoms with Gasteiger partial charge in [0.2, 0.25) is 0 Å². The predicted octanol–water partition coefficient (Wildman–Crippen LogP) is 8.78. The van der Waals surface area contributed by atoms with Gasteiger partial charge in [0, 0.05) is 6.54 Å². The normalized spacial score (nSPS) is 11.5. The van der Waals surface area contributed by atoms with Gasteiger partial charge in [-0.1, -0.05) is 103 Å². The van der Waals surface area contributed by atoms with E-state index >= 15 is 0 Å². The first-order valence-electron chi connectivity index (χ1n) is 12.4. The van der Waals surface area contributed by atoms with Crippen molar-refractivity contribution in [3.8, 4) is 11.6 Å². The van der Waals surface area contributed by atoms with Crippen molar-refractivity contribution in [2.24, 2.45) is 0 Å². The lowest BCUT2D eigenvalue weighted by atomic mass is 10.0. The molecule has 0 radical (unpaired) electrons. The molecule has 0 aliphatic heterocycles. The molecule has 0 saturated heterocycles. The molecule has 1 aromatic carbocycles. The topological polar surface area (TPSA) is 31.0 Å². The number of aromatic nitrogens is 2. The quantitative estimate of drug-likeness (QED) is 0.222. The van der Waals surface area contributed by atoms with Gasteiger partial charge >= 0.3 is 0 Å². The Morgan fingerprint density at radius 1 is 0.700 bits per heavy atom. The lowest BCUT2D eigenvalue weighted by molar-refractivity contribution is 0.524. The number of furan rings is 1. The smallest absolute Gasteiger partial charge is 0.177 e. The van der Waals surface area contributed by atoms with Crippen LogP contribution in [0.3, 0.4) is 0 Å². The number of nitrogens with zero attached hydrogens (tertiary/aromatic N) is 2. The molecule has 0 saturated carbocycles. The number of hydrogen-bond donors (Lipinski definition) is 0.